The van der Waals surface area contributed by atoms with Gasteiger partial charge in [0, 0.05) is 12.8 Å². The Morgan fingerprint density at radius 3 is 1.45 bits per heavy atom. The Kier molecular flexibility index (Phi) is 3.59. The number of hydrogen-bond acceptors (Lipinski definition) is 6. The lowest BCUT2D eigenvalue weighted by Gasteiger charge is -1.99. The average molecular weight is 278 g/mol. The molecule has 1 fully saturated rings. The Morgan fingerprint density at radius 2 is 1.15 bits per heavy atom. The number of carbonyl (C=O) groups is 4. The molecule has 0 spiro atoms. The van der Waals surface area contributed by atoms with Gasteiger partial charge in [0.05, 0.1) is 11.1 Å². The lowest BCUT2D eigenvalue weighted by atomic mass is 10.1. The maximum atomic E-state index is 11.1. The van der Waals surface area contributed by atoms with E-state index in [9.17, 15) is 19.2 Å². The summed E-state index contributed by atoms with van der Waals surface area (Å²) < 4.78 is 0. The minimum Gasteiger partial charge on any atom is -0.279 e. The van der Waals surface area contributed by atoms with Crippen molar-refractivity contribution in [3.05, 3.63) is 35.4 Å². The van der Waals surface area contributed by atoms with Crippen molar-refractivity contribution < 1.29 is 29.6 Å². The summed E-state index contributed by atoms with van der Waals surface area (Å²) >= 11 is 0. The van der Waals surface area contributed by atoms with Crippen LogP contribution in [0.15, 0.2) is 24.3 Å². The molecule has 104 valence electrons. The fourth-order valence-electron chi connectivity index (χ4n) is 1.74. The molecular formula is C12H10N2O6. The number of fused-ring (bicyclic) bond motifs is 1. The molecule has 1 aromatic rings. The zero-order chi connectivity index (χ0) is 14.9. The van der Waals surface area contributed by atoms with Crippen LogP contribution < -0.4 is 0 Å². The summed E-state index contributed by atoms with van der Waals surface area (Å²) in [5.74, 6) is -2.32. The molecule has 0 saturated carbocycles. The number of amides is 4. The molecular weight excluding hydrogens is 268 g/mol. The van der Waals surface area contributed by atoms with Gasteiger partial charge in [-0.15, -0.1) is 5.06 Å². The van der Waals surface area contributed by atoms with E-state index < -0.39 is 23.6 Å². The smallest absolute Gasteiger partial charge is 0.279 e. The molecule has 8 nitrogen and oxygen atoms in total. The van der Waals surface area contributed by atoms with Gasteiger partial charge in [-0.1, -0.05) is 12.1 Å². The minimum absolute atomic E-state index is 0.130. The third-order valence-corrected chi connectivity index (χ3v) is 2.80. The van der Waals surface area contributed by atoms with Crippen LogP contribution in [0.5, 0.6) is 0 Å². The first-order valence-electron chi connectivity index (χ1n) is 5.65. The number of hydroxylamine groups is 4. The van der Waals surface area contributed by atoms with E-state index in [1.165, 1.54) is 12.1 Å². The van der Waals surface area contributed by atoms with Crippen molar-refractivity contribution >= 4 is 23.6 Å². The zero-order valence-electron chi connectivity index (χ0n) is 10.1. The Balaban J connectivity index is 0.000000160. The first kappa shape index (κ1) is 13.8. The highest BCUT2D eigenvalue weighted by atomic mass is 16.5. The van der Waals surface area contributed by atoms with E-state index in [1.807, 2.05) is 0 Å². The van der Waals surface area contributed by atoms with Crippen LogP contribution in [0.25, 0.3) is 0 Å². The van der Waals surface area contributed by atoms with Gasteiger partial charge in [0.2, 0.25) is 0 Å². The summed E-state index contributed by atoms with van der Waals surface area (Å²) in [5.41, 5.74) is 0.509. The molecule has 2 aliphatic rings. The molecule has 0 aromatic heterocycles. The molecule has 1 saturated heterocycles. The highest BCUT2D eigenvalue weighted by Crippen LogP contribution is 2.19. The van der Waals surface area contributed by atoms with Crippen LogP contribution in [0.3, 0.4) is 0 Å². The summed E-state index contributed by atoms with van der Waals surface area (Å²) in [6.45, 7) is 0. The second kappa shape index (κ2) is 5.19. The molecule has 0 radical (unpaired) electrons. The van der Waals surface area contributed by atoms with Gasteiger partial charge >= 0.3 is 0 Å². The minimum atomic E-state index is -0.657. The van der Waals surface area contributed by atoms with Gasteiger partial charge < -0.3 is 0 Å². The van der Waals surface area contributed by atoms with Gasteiger partial charge in [0.25, 0.3) is 23.6 Å². The van der Waals surface area contributed by atoms with Crippen molar-refractivity contribution in [2.24, 2.45) is 0 Å². The van der Waals surface area contributed by atoms with E-state index in [2.05, 4.69) is 0 Å². The van der Waals surface area contributed by atoms with Crippen molar-refractivity contribution in [3.8, 4) is 0 Å². The molecule has 1 aromatic carbocycles. The Morgan fingerprint density at radius 1 is 0.750 bits per heavy atom. The largest absolute Gasteiger partial charge is 0.285 e. The number of benzene rings is 1. The summed E-state index contributed by atoms with van der Waals surface area (Å²) in [4.78, 5) is 42.6. The highest BCUT2D eigenvalue weighted by molar-refractivity contribution is 6.20. The van der Waals surface area contributed by atoms with E-state index in [-0.39, 0.29) is 34.1 Å². The van der Waals surface area contributed by atoms with Crippen molar-refractivity contribution in [2.75, 3.05) is 0 Å². The normalized spacial score (nSPS) is 17.3. The molecule has 2 N–H and O–H groups in total. The maximum absolute atomic E-state index is 11.1. The first-order valence-corrected chi connectivity index (χ1v) is 5.65. The topological polar surface area (TPSA) is 115 Å². The van der Waals surface area contributed by atoms with Crippen molar-refractivity contribution in [1.29, 1.82) is 0 Å². The predicted octanol–water partition coefficient (Wildman–Crippen LogP) is 0.196. The van der Waals surface area contributed by atoms with Crippen LogP contribution in [-0.2, 0) is 9.59 Å². The molecule has 0 atom stereocenters. The summed E-state index contributed by atoms with van der Waals surface area (Å²) in [7, 11) is 0. The molecule has 2 aliphatic heterocycles. The standard InChI is InChI=1S/C8H5NO3.C4H5NO3/c10-7-5-3-1-2-4-6(5)8(11)9(7)12;6-3-1-2-4(7)5(3)8/h1-4,12H;8H,1-2H2. The molecule has 0 aliphatic carbocycles. The van der Waals surface area contributed by atoms with Crippen LogP contribution in [-0.4, -0.2) is 44.2 Å². The molecule has 4 amide bonds. The molecule has 2 heterocycles. The van der Waals surface area contributed by atoms with E-state index in [4.69, 9.17) is 10.4 Å². The number of nitrogens with zero attached hydrogens (tertiary/aromatic N) is 2. The van der Waals surface area contributed by atoms with Gasteiger partial charge in [0.1, 0.15) is 0 Å². The molecule has 0 bridgehead atoms. The average Bonchev–Trinajstić information content (AvgIpc) is 2.87. The predicted molar refractivity (Wildman–Crippen MR) is 61.6 cm³/mol. The van der Waals surface area contributed by atoms with Gasteiger partial charge in [0.15, 0.2) is 0 Å². The SMILES string of the molecule is O=C1CCC(=O)N1O.O=C1c2ccccc2C(=O)N1O. The number of rotatable bonds is 0. The fourth-order valence-corrected chi connectivity index (χ4v) is 1.74. The van der Waals surface area contributed by atoms with Gasteiger partial charge in [-0.2, -0.15) is 5.06 Å². The number of imide groups is 2. The Bertz CT molecular complexity index is 561. The third kappa shape index (κ3) is 2.29. The van der Waals surface area contributed by atoms with Gasteiger partial charge in [-0.3, -0.25) is 29.6 Å². The zero-order valence-corrected chi connectivity index (χ0v) is 10.1. The lowest BCUT2D eigenvalue weighted by molar-refractivity contribution is -0.171. The quantitative estimate of drug-likeness (QED) is 0.517. The van der Waals surface area contributed by atoms with Crippen LogP contribution in [0, 0.1) is 0 Å². The Hall–Kier alpha value is -2.58. The molecule has 0 unspecified atom stereocenters. The number of carbonyl (C=O) groups excluding carboxylic acids is 4. The van der Waals surface area contributed by atoms with Crippen molar-refractivity contribution in [1.82, 2.24) is 10.1 Å². The van der Waals surface area contributed by atoms with Crippen molar-refractivity contribution in [2.45, 2.75) is 12.8 Å². The first-order chi connectivity index (χ1) is 9.43. The monoisotopic (exact) mass is 278 g/mol. The fraction of sp³-hybridized carbons (Fsp3) is 0.167. The highest BCUT2D eigenvalue weighted by Gasteiger charge is 2.34. The van der Waals surface area contributed by atoms with Crippen LogP contribution in [0.2, 0.25) is 0 Å². The van der Waals surface area contributed by atoms with Gasteiger partial charge in [-0.05, 0) is 12.1 Å². The van der Waals surface area contributed by atoms with Crippen molar-refractivity contribution in [3.63, 3.8) is 0 Å². The summed E-state index contributed by atoms with van der Waals surface area (Å²) in [6.07, 6.45) is 0.296. The van der Waals surface area contributed by atoms with E-state index in [1.54, 1.807) is 12.1 Å². The van der Waals surface area contributed by atoms with E-state index in [0.717, 1.165) is 0 Å². The second-order valence-electron chi connectivity index (χ2n) is 4.07. The second-order valence-corrected chi connectivity index (χ2v) is 4.07. The van der Waals surface area contributed by atoms with Crippen LogP contribution >= 0.6 is 0 Å². The van der Waals surface area contributed by atoms with E-state index >= 15 is 0 Å². The molecule has 20 heavy (non-hydrogen) atoms. The van der Waals surface area contributed by atoms with Crippen LogP contribution in [0.1, 0.15) is 33.6 Å². The van der Waals surface area contributed by atoms with E-state index in [0.29, 0.717) is 0 Å². The summed E-state index contributed by atoms with van der Waals surface area (Å²) in [6, 6.07) is 6.30. The molecule has 8 heteroatoms. The molecule has 3 rings (SSSR count). The van der Waals surface area contributed by atoms with Crippen LogP contribution in [0.4, 0.5) is 0 Å². The lowest BCUT2D eigenvalue weighted by Crippen LogP contribution is -2.25. The third-order valence-electron chi connectivity index (χ3n) is 2.80. The maximum Gasteiger partial charge on any atom is 0.285 e. The number of hydrogen-bond donors (Lipinski definition) is 2. The Labute approximate surface area is 112 Å². The van der Waals surface area contributed by atoms with Gasteiger partial charge in [-0.25, -0.2) is 0 Å². The summed E-state index contributed by atoms with van der Waals surface area (Å²) in [5, 5.41) is 17.6.